The maximum Gasteiger partial charge on any atom is 0.658 e. The highest BCUT2D eigenvalue weighted by Crippen LogP contribution is 2.40. The minimum atomic E-state index is 0.492. The highest BCUT2D eigenvalue weighted by atomic mass is 16.6. The van der Waals surface area contributed by atoms with Crippen LogP contribution in [0.3, 0.4) is 0 Å². The maximum atomic E-state index is 5.58. The molecule has 0 saturated carbocycles. The zero-order chi connectivity index (χ0) is 15.5. The Bertz CT molecular complexity index is 645. The second-order valence-corrected chi connectivity index (χ2v) is 4.89. The molecule has 4 rings (SSSR count). The van der Waals surface area contributed by atoms with Gasteiger partial charge < -0.3 is 28.3 Å². The molecule has 0 N–H and O–H groups in total. The lowest BCUT2D eigenvalue weighted by atomic mass is 10.2. The Morgan fingerprint density at radius 3 is 1.65 bits per heavy atom. The molecule has 6 nitrogen and oxygen atoms in total. The standard InChI is InChI=1S/C16H14BO6/c1-3-11-15(20-9-7-18-11)13(5-1)22-17-23-14-6-2-4-12-16(14)21-10-8-19-12/h1-6H,7-10H2. The van der Waals surface area contributed by atoms with Gasteiger partial charge in [0, 0.05) is 0 Å². The molecule has 0 unspecified atom stereocenters. The van der Waals surface area contributed by atoms with Gasteiger partial charge >= 0.3 is 7.69 Å². The summed E-state index contributed by atoms with van der Waals surface area (Å²) in [6.07, 6.45) is 0. The van der Waals surface area contributed by atoms with Gasteiger partial charge in [0.2, 0.25) is 11.5 Å². The van der Waals surface area contributed by atoms with Crippen LogP contribution in [-0.2, 0) is 0 Å². The number of benzene rings is 2. The first-order valence-electron chi connectivity index (χ1n) is 7.34. The van der Waals surface area contributed by atoms with E-state index >= 15 is 0 Å². The average Bonchev–Trinajstić information content (AvgIpc) is 2.62. The molecule has 0 spiro atoms. The third-order valence-electron chi connectivity index (χ3n) is 3.41. The van der Waals surface area contributed by atoms with Gasteiger partial charge in [-0.15, -0.1) is 0 Å². The van der Waals surface area contributed by atoms with Crippen molar-refractivity contribution in [2.24, 2.45) is 0 Å². The Morgan fingerprint density at radius 2 is 1.13 bits per heavy atom. The lowest BCUT2D eigenvalue weighted by Gasteiger charge is -2.22. The van der Waals surface area contributed by atoms with Crippen LogP contribution in [0.1, 0.15) is 0 Å². The molecule has 0 atom stereocenters. The minimum Gasteiger partial charge on any atom is -0.524 e. The molecule has 2 heterocycles. The van der Waals surface area contributed by atoms with E-state index in [1.165, 1.54) is 7.69 Å². The highest BCUT2D eigenvalue weighted by Gasteiger charge is 2.20. The molecule has 0 aromatic heterocycles. The fourth-order valence-corrected chi connectivity index (χ4v) is 2.41. The largest absolute Gasteiger partial charge is 0.658 e. The molecule has 117 valence electrons. The molecule has 0 fully saturated rings. The summed E-state index contributed by atoms with van der Waals surface area (Å²) in [7, 11) is 1.24. The van der Waals surface area contributed by atoms with E-state index in [1.807, 2.05) is 24.3 Å². The SMILES string of the molecule is [B](Oc1cccc2c1OCCO2)Oc1cccc2c1OCCO2. The zero-order valence-corrected chi connectivity index (χ0v) is 12.3. The number of para-hydroxylation sites is 2. The van der Waals surface area contributed by atoms with E-state index in [-0.39, 0.29) is 0 Å². The summed E-state index contributed by atoms with van der Waals surface area (Å²) in [5, 5.41) is 0. The summed E-state index contributed by atoms with van der Waals surface area (Å²) in [4.78, 5) is 0. The first-order valence-corrected chi connectivity index (χ1v) is 7.34. The normalized spacial score (nSPS) is 14.8. The molecule has 7 heteroatoms. The Hall–Kier alpha value is -2.70. The molecule has 0 bridgehead atoms. The first-order chi connectivity index (χ1) is 11.4. The molecule has 2 aliphatic rings. The van der Waals surface area contributed by atoms with E-state index in [0.29, 0.717) is 60.9 Å². The predicted molar refractivity (Wildman–Crippen MR) is 81.9 cm³/mol. The van der Waals surface area contributed by atoms with E-state index in [1.54, 1.807) is 12.1 Å². The van der Waals surface area contributed by atoms with Crippen LogP contribution in [0.25, 0.3) is 0 Å². The lowest BCUT2D eigenvalue weighted by molar-refractivity contribution is 0.166. The van der Waals surface area contributed by atoms with Gasteiger partial charge in [0.05, 0.1) is 0 Å². The van der Waals surface area contributed by atoms with E-state index in [9.17, 15) is 0 Å². The molecule has 1 radical (unpaired) electrons. The van der Waals surface area contributed by atoms with E-state index in [2.05, 4.69) is 0 Å². The van der Waals surface area contributed by atoms with Gasteiger partial charge in [-0.3, -0.25) is 0 Å². The van der Waals surface area contributed by atoms with Crippen molar-refractivity contribution in [1.29, 1.82) is 0 Å². The molecular formula is C16H14BO6. The highest BCUT2D eigenvalue weighted by molar-refractivity contribution is 6.21. The van der Waals surface area contributed by atoms with Crippen LogP contribution in [-0.4, -0.2) is 34.1 Å². The molecule has 2 aromatic carbocycles. The van der Waals surface area contributed by atoms with Crippen molar-refractivity contribution in [1.82, 2.24) is 0 Å². The third-order valence-corrected chi connectivity index (χ3v) is 3.41. The molecular weight excluding hydrogens is 299 g/mol. The Kier molecular flexibility index (Phi) is 3.75. The summed E-state index contributed by atoms with van der Waals surface area (Å²) in [5.74, 6) is 3.54. The Balaban J connectivity index is 1.45. The zero-order valence-electron chi connectivity index (χ0n) is 12.3. The summed E-state index contributed by atoms with van der Waals surface area (Å²) >= 11 is 0. The van der Waals surface area contributed by atoms with Crippen molar-refractivity contribution in [3.8, 4) is 34.5 Å². The van der Waals surface area contributed by atoms with Crippen molar-refractivity contribution >= 4 is 7.69 Å². The van der Waals surface area contributed by atoms with Gasteiger partial charge in [0.25, 0.3) is 0 Å². The smallest absolute Gasteiger partial charge is 0.524 e. The number of hydrogen-bond donors (Lipinski definition) is 0. The van der Waals surface area contributed by atoms with Crippen molar-refractivity contribution in [2.75, 3.05) is 26.4 Å². The van der Waals surface area contributed by atoms with Crippen LogP contribution >= 0.6 is 0 Å². The summed E-state index contributed by atoms with van der Waals surface area (Å²) in [6.45, 7) is 2.05. The maximum absolute atomic E-state index is 5.58. The summed E-state index contributed by atoms with van der Waals surface area (Å²) in [6, 6.07) is 10.9. The van der Waals surface area contributed by atoms with Crippen molar-refractivity contribution < 1.29 is 28.3 Å². The molecule has 23 heavy (non-hydrogen) atoms. The lowest BCUT2D eigenvalue weighted by Crippen LogP contribution is -2.19. The Labute approximate surface area is 134 Å². The van der Waals surface area contributed by atoms with Crippen LogP contribution < -0.4 is 28.3 Å². The van der Waals surface area contributed by atoms with E-state index in [0.717, 1.165) is 0 Å². The van der Waals surface area contributed by atoms with Gasteiger partial charge in [-0.1, -0.05) is 12.1 Å². The topological polar surface area (TPSA) is 55.4 Å². The Morgan fingerprint density at radius 1 is 0.652 bits per heavy atom. The molecule has 0 aliphatic carbocycles. The summed E-state index contributed by atoms with van der Waals surface area (Å²) in [5.41, 5.74) is 0. The van der Waals surface area contributed by atoms with Crippen LogP contribution in [0.15, 0.2) is 36.4 Å². The van der Waals surface area contributed by atoms with Crippen LogP contribution in [0.4, 0.5) is 0 Å². The van der Waals surface area contributed by atoms with Gasteiger partial charge in [0.1, 0.15) is 37.9 Å². The molecule has 2 aromatic rings. The van der Waals surface area contributed by atoms with E-state index < -0.39 is 0 Å². The van der Waals surface area contributed by atoms with Crippen molar-refractivity contribution in [3.63, 3.8) is 0 Å². The minimum absolute atomic E-state index is 0.492. The first kappa shape index (κ1) is 13.9. The van der Waals surface area contributed by atoms with Crippen molar-refractivity contribution in [3.05, 3.63) is 36.4 Å². The fourth-order valence-electron chi connectivity index (χ4n) is 2.41. The summed E-state index contributed by atoms with van der Waals surface area (Å²) < 4.78 is 33.3. The van der Waals surface area contributed by atoms with Crippen LogP contribution in [0, 0.1) is 0 Å². The number of hydrogen-bond acceptors (Lipinski definition) is 6. The van der Waals surface area contributed by atoms with Gasteiger partial charge in [-0.25, -0.2) is 0 Å². The molecule has 0 amide bonds. The van der Waals surface area contributed by atoms with E-state index in [4.69, 9.17) is 28.3 Å². The van der Waals surface area contributed by atoms with Crippen LogP contribution in [0.5, 0.6) is 34.5 Å². The average molecular weight is 313 g/mol. The third kappa shape index (κ3) is 2.82. The fraction of sp³-hybridized carbons (Fsp3) is 0.250. The number of rotatable bonds is 4. The molecule has 2 aliphatic heterocycles. The second kappa shape index (κ2) is 6.20. The predicted octanol–water partition coefficient (Wildman–Crippen LogP) is 2.22. The monoisotopic (exact) mass is 313 g/mol. The van der Waals surface area contributed by atoms with Gasteiger partial charge in [-0.05, 0) is 24.3 Å². The van der Waals surface area contributed by atoms with Crippen LogP contribution in [0.2, 0.25) is 0 Å². The number of fused-ring (bicyclic) bond motifs is 2. The van der Waals surface area contributed by atoms with Gasteiger partial charge in [0.15, 0.2) is 11.5 Å². The molecule has 0 saturated heterocycles. The van der Waals surface area contributed by atoms with Crippen molar-refractivity contribution in [2.45, 2.75) is 0 Å². The number of ether oxygens (including phenoxy) is 4. The van der Waals surface area contributed by atoms with Gasteiger partial charge in [-0.2, -0.15) is 0 Å². The second-order valence-electron chi connectivity index (χ2n) is 4.89. The quantitative estimate of drug-likeness (QED) is 0.807.